The smallest absolute Gasteiger partial charge is 0.335 e. The Kier molecular flexibility index (Phi) is 4.04. The number of carbonyl (C=O) groups is 2. The van der Waals surface area contributed by atoms with Gasteiger partial charge >= 0.3 is 12.0 Å². The number of carboxylic acids is 1. The highest BCUT2D eigenvalue weighted by Crippen LogP contribution is 2.50. The molecule has 1 aliphatic rings. The van der Waals surface area contributed by atoms with Crippen LogP contribution in [0, 0.1) is 11.3 Å². The van der Waals surface area contributed by atoms with Crippen LogP contribution >= 0.6 is 15.9 Å². The van der Waals surface area contributed by atoms with Gasteiger partial charge in [0.25, 0.3) is 0 Å². The molecule has 1 aromatic rings. The van der Waals surface area contributed by atoms with Gasteiger partial charge < -0.3 is 15.7 Å². The predicted molar refractivity (Wildman–Crippen MR) is 80.0 cm³/mol. The largest absolute Gasteiger partial charge is 0.478 e. The summed E-state index contributed by atoms with van der Waals surface area (Å²) in [5.74, 6) is -0.514. The van der Waals surface area contributed by atoms with Crippen LogP contribution in [0.4, 0.5) is 10.5 Å². The van der Waals surface area contributed by atoms with E-state index >= 15 is 0 Å². The Balaban J connectivity index is 1.92. The monoisotopic (exact) mass is 340 g/mol. The van der Waals surface area contributed by atoms with Crippen molar-refractivity contribution in [2.75, 3.05) is 11.9 Å². The van der Waals surface area contributed by atoms with E-state index in [9.17, 15) is 9.59 Å². The van der Waals surface area contributed by atoms with Crippen molar-refractivity contribution in [3.63, 3.8) is 0 Å². The fraction of sp³-hybridized carbons (Fsp3) is 0.429. The number of anilines is 1. The summed E-state index contributed by atoms with van der Waals surface area (Å²) in [6, 6.07) is 4.25. The van der Waals surface area contributed by atoms with E-state index in [-0.39, 0.29) is 11.6 Å². The number of rotatable bonds is 4. The predicted octanol–water partition coefficient (Wildman–Crippen LogP) is 3.31. The fourth-order valence-electron chi connectivity index (χ4n) is 2.10. The van der Waals surface area contributed by atoms with E-state index in [1.165, 1.54) is 12.1 Å². The second kappa shape index (κ2) is 5.44. The molecule has 0 aliphatic heterocycles. The number of urea groups is 1. The number of carboxylic acid groups (broad SMARTS) is 1. The first-order valence-electron chi connectivity index (χ1n) is 6.37. The molecule has 0 bridgehead atoms. The van der Waals surface area contributed by atoms with Gasteiger partial charge in [0, 0.05) is 16.7 Å². The van der Waals surface area contributed by atoms with E-state index < -0.39 is 5.97 Å². The topological polar surface area (TPSA) is 78.4 Å². The third-order valence-corrected chi connectivity index (χ3v) is 4.09. The number of halogens is 1. The van der Waals surface area contributed by atoms with Gasteiger partial charge in [-0.25, -0.2) is 9.59 Å². The van der Waals surface area contributed by atoms with Gasteiger partial charge in [-0.1, -0.05) is 29.8 Å². The molecule has 2 rings (SSSR count). The van der Waals surface area contributed by atoms with Crippen LogP contribution in [0.25, 0.3) is 0 Å². The van der Waals surface area contributed by atoms with Gasteiger partial charge in [-0.2, -0.15) is 0 Å². The van der Waals surface area contributed by atoms with E-state index in [1.807, 2.05) is 0 Å². The lowest BCUT2D eigenvalue weighted by Crippen LogP contribution is -2.31. The van der Waals surface area contributed by atoms with Gasteiger partial charge in [0.2, 0.25) is 0 Å². The average Bonchev–Trinajstić information content (AvgIpc) is 2.93. The first kappa shape index (κ1) is 14.8. The highest BCUT2D eigenvalue weighted by Gasteiger charge is 2.45. The quantitative estimate of drug-likeness (QED) is 0.786. The zero-order valence-corrected chi connectivity index (χ0v) is 13.0. The van der Waals surface area contributed by atoms with E-state index in [0.717, 1.165) is 6.42 Å². The summed E-state index contributed by atoms with van der Waals surface area (Å²) >= 11 is 3.22. The van der Waals surface area contributed by atoms with Crippen LogP contribution in [0.1, 0.15) is 30.6 Å². The maximum atomic E-state index is 11.8. The molecule has 3 N–H and O–H groups in total. The van der Waals surface area contributed by atoms with E-state index in [1.54, 1.807) is 6.07 Å². The van der Waals surface area contributed by atoms with Crippen molar-refractivity contribution < 1.29 is 14.7 Å². The normalized spacial score (nSPS) is 19.2. The molecule has 1 fully saturated rings. The maximum Gasteiger partial charge on any atom is 0.335 e. The molecule has 1 saturated carbocycles. The molecule has 1 atom stereocenters. The van der Waals surface area contributed by atoms with Crippen molar-refractivity contribution in [2.45, 2.75) is 20.3 Å². The summed E-state index contributed by atoms with van der Waals surface area (Å²) in [6.45, 7) is 4.98. The maximum absolute atomic E-state index is 11.8. The molecule has 0 aromatic heterocycles. The third kappa shape index (κ3) is 3.72. The Hall–Kier alpha value is -1.56. The van der Waals surface area contributed by atoms with Crippen molar-refractivity contribution in [1.82, 2.24) is 5.32 Å². The zero-order valence-electron chi connectivity index (χ0n) is 11.4. The minimum atomic E-state index is -1.03. The van der Waals surface area contributed by atoms with Crippen LogP contribution in [-0.4, -0.2) is 23.7 Å². The van der Waals surface area contributed by atoms with Crippen LogP contribution in [0.3, 0.4) is 0 Å². The second-order valence-corrected chi connectivity index (χ2v) is 6.67. The highest BCUT2D eigenvalue weighted by molar-refractivity contribution is 9.10. The van der Waals surface area contributed by atoms with Crippen LogP contribution in [0.15, 0.2) is 22.7 Å². The molecule has 5 nitrogen and oxygen atoms in total. The Bertz CT molecular complexity index is 557. The van der Waals surface area contributed by atoms with Crippen LogP contribution in [0.5, 0.6) is 0 Å². The SMILES string of the molecule is CC1(C)CC1CNC(=O)Nc1cc(Br)cc(C(=O)O)c1. The molecular formula is C14H17BrN2O3. The van der Waals surface area contributed by atoms with Gasteiger partial charge in [-0.3, -0.25) is 0 Å². The molecule has 1 unspecified atom stereocenters. The first-order valence-corrected chi connectivity index (χ1v) is 7.16. The van der Waals surface area contributed by atoms with Gasteiger partial charge in [0.1, 0.15) is 0 Å². The summed E-state index contributed by atoms with van der Waals surface area (Å²) in [4.78, 5) is 22.7. The Labute approximate surface area is 125 Å². The summed E-state index contributed by atoms with van der Waals surface area (Å²) in [5, 5.41) is 14.4. The molecule has 108 valence electrons. The highest BCUT2D eigenvalue weighted by atomic mass is 79.9. The lowest BCUT2D eigenvalue weighted by atomic mass is 10.1. The van der Waals surface area contributed by atoms with Crippen molar-refractivity contribution in [3.05, 3.63) is 28.2 Å². The molecule has 0 heterocycles. The van der Waals surface area contributed by atoms with Crippen LogP contribution < -0.4 is 10.6 Å². The molecule has 6 heteroatoms. The van der Waals surface area contributed by atoms with Crippen molar-refractivity contribution >= 4 is 33.6 Å². The lowest BCUT2D eigenvalue weighted by Gasteiger charge is -2.09. The standard InChI is InChI=1S/C14H17BrN2O3/c1-14(2)6-9(14)7-16-13(20)17-11-4-8(12(18)19)3-10(15)5-11/h3-5,9H,6-7H2,1-2H3,(H,18,19)(H2,16,17,20). The minimum Gasteiger partial charge on any atom is -0.478 e. The lowest BCUT2D eigenvalue weighted by molar-refractivity contribution is 0.0697. The number of amides is 2. The van der Waals surface area contributed by atoms with Gasteiger partial charge in [0.15, 0.2) is 0 Å². The molecule has 0 spiro atoms. The molecule has 1 aliphatic carbocycles. The molecule has 0 saturated heterocycles. The van der Waals surface area contributed by atoms with Crippen molar-refractivity contribution in [1.29, 1.82) is 0 Å². The Morgan fingerprint density at radius 2 is 2.05 bits per heavy atom. The summed E-state index contributed by atoms with van der Waals surface area (Å²) in [6.07, 6.45) is 1.12. The number of hydrogen-bond donors (Lipinski definition) is 3. The third-order valence-electron chi connectivity index (χ3n) is 3.63. The zero-order chi connectivity index (χ0) is 14.9. The number of benzene rings is 1. The van der Waals surface area contributed by atoms with E-state index in [0.29, 0.717) is 28.0 Å². The molecule has 20 heavy (non-hydrogen) atoms. The molecule has 0 radical (unpaired) electrons. The second-order valence-electron chi connectivity index (χ2n) is 5.76. The minimum absolute atomic E-state index is 0.123. The summed E-state index contributed by atoms with van der Waals surface area (Å²) in [7, 11) is 0. The summed E-state index contributed by atoms with van der Waals surface area (Å²) in [5.41, 5.74) is 0.891. The van der Waals surface area contributed by atoms with Gasteiger partial charge in [-0.05, 0) is 36.0 Å². The molecule has 1 aromatic carbocycles. The van der Waals surface area contributed by atoms with Gasteiger partial charge in [0.05, 0.1) is 5.56 Å². The van der Waals surface area contributed by atoms with E-state index in [2.05, 4.69) is 40.4 Å². The Morgan fingerprint density at radius 1 is 1.40 bits per heavy atom. The molecular weight excluding hydrogens is 324 g/mol. The number of carbonyl (C=O) groups excluding carboxylic acids is 1. The average molecular weight is 341 g/mol. The number of aromatic carboxylic acids is 1. The number of nitrogens with one attached hydrogen (secondary N) is 2. The molecule has 2 amide bonds. The first-order chi connectivity index (χ1) is 9.28. The van der Waals surface area contributed by atoms with Gasteiger partial charge in [-0.15, -0.1) is 0 Å². The van der Waals surface area contributed by atoms with Crippen molar-refractivity contribution in [3.8, 4) is 0 Å². The Morgan fingerprint density at radius 3 is 2.60 bits per heavy atom. The van der Waals surface area contributed by atoms with Crippen LogP contribution in [0.2, 0.25) is 0 Å². The van der Waals surface area contributed by atoms with Crippen LogP contribution in [-0.2, 0) is 0 Å². The summed E-state index contributed by atoms with van der Waals surface area (Å²) < 4.78 is 0.607. The number of hydrogen-bond acceptors (Lipinski definition) is 2. The van der Waals surface area contributed by atoms with E-state index in [4.69, 9.17) is 5.11 Å². The fourth-order valence-corrected chi connectivity index (χ4v) is 2.59. The van der Waals surface area contributed by atoms with Crippen molar-refractivity contribution in [2.24, 2.45) is 11.3 Å².